The van der Waals surface area contributed by atoms with E-state index in [0.29, 0.717) is 26.3 Å². The van der Waals surface area contributed by atoms with Crippen LogP contribution in [0.25, 0.3) is 0 Å². The van der Waals surface area contributed by atoms with Crippen molar-refractivity contribution in [3.05, 3.63) is 0 Å². The summed E-state index contributed by atoms with van der Waals surface area (Å²) in [5, 5.41) is 1.52. The summed E-state index contributed by atoms with van der Waals surface area (Å²) in [6.07, 6.45) is 0. The molecular formula is C5H8NO3. The first-order chi connectivity index (χ1) is 4.43. The van der Waals surface area contributed by atoms with E-state index in [4.69, 9.17) is 4.74 Å². The second kappa shape index (κ2) is 3.42. The predicted molar refractivity (Wildman–Crippen MR) is 29.2 cm³/mol. The second-order valence-electron chi connectivity index (χ2n) is 1.72. The highest BCUT2D eigenvalue weighted by Crippen LogP contribution is 1.94. The molecule has 0 aromatic rings. The van der Waals surface area contributed by atoms with E-state index in [1.165, 1.54) is 11.5 Å². The molecule has 1 fully saturated rings. The lowest BCUT2D eigenvalue weighted by Crippen LogP contribution is -2.35. The van der Waals surface area contributed by atoms with E-state index < -0.39 is 0 Å². The highest BCUT2D eigenvalue weighted by atomic mass is 16.7. The van der Waals surface area contributed by atoms with Gasteiger partial charge in [-0.2, -0.15) is 0 Å². The van der Waals surface area contributed by atoms with Crippen LogP contribution in [0.2, 0.25) is 0 Å². The van der Waals surface area contributed by atoms with Crippen molar-refractivity contribution in [2.75, 3.05) is 26.3 Å². The standard InChI is InChI=1S/C5H8NO3/c7-5-9-6-1-3-8-4-2-6/h1-4H2. The molecule has 1 radical (unpaired) electrons. The minimum Gasteiger partial charge on any atom is -0.379 e. The number of hydrogen-bond donors (Lipinski definition) is 0. The average molecular weight is 130 g/mol. The molecule has 0 aliphatic carbocycles. The van der Waals surface area contributed by atoms with E-state index >= 15 is 0 Å². The number of ether oxygens (including phenoxy) is 1. The molecule has 0 atom stereocenters. The third-order valence-corrected chi connectivity index (χ3v) is 1.14. The van der Waals surface area contributed by atoms with Gasteiger partial charge < -0.3 is 9.57 Å². The van der Waals surface area contributed by atoms with Crippen LogP contribution < -0.4 is 0 Å². The van der Waals surface area contributed by atoms with Gasteiger partial charge in [-0.3, -0.25) is 0 Å². The molecule has 0 unspecified atom stereocenters. The zero-order valence-electron chi connectivity index (χ0n) is 5.00. The predicted octanol–water partition coefficient (Wildman–Crippen LogP) is -0.683. The van der Waals surface area contributed by atoms with Crippen LogP contribution in [0.4, 0.5) is 0 Å². The number of rotatable bonds is 2. The Morgan fingerprint density at radius 2 is 2.11 bits per heavy atom. The van der Waals surface area contributed by atoms with Crippen LogP contribution >= 0.6 is 0 Å². The molecule has 4 heteroatoms. The molecule has 4 nitrogen and oxygen atoms in total. The molecule has 0 bridgehead atoms. The van der Waals surface area contributed by atoms with Gasteiger partial charge in [0.25, 0.3) is 0 Å². The van der Waals surface area contributed by atoms with Crippen molar-refractivity contribution in [1.29, 1.82) is 0 Å². The Labute approximate surface area is 53.3 Å². The van der Waals surface area contributed by atoms with Gasteiger partial charge in [-0.25, -0.2) is 4.79 Å². The summed E-state index contributed by atoms with van der Waals surface area (Å²) in [6.45, 7) is 3.91. The van der Waals surface area contributed by atoms with Crippen molar-refractivity contribution in [3.8, 4) is 0 Å². The van der Waals surface area contributed by atoms with Crippen molar-refractivity contribution in [1.82, 2.24) is 5.06 Å². The number of hydroxylamine groups is 2. The maximum atomic E-state index is 9.64. The summed E-state index contributed by atoms with van der Waals surface area (Å²) < 4.78 is 4.99. The number of morpholine rings is 1. The Kier molecular flexibility index (Phi) is 2.48. The maximum absolute atomic E-state index is 9.64. The molecule has 0 saturated carbocycles. The monoisotopic (exact) mass is 130 g/mol. The molecule has 0 aromatic carbocycles. The summed E-state index contributed by atoms with van der Waals surface area (Å²) in [7, 11) is 0. The lowest BCUT2D eigenvalue weighted by atomic mass is 10.5. The van der Waals surface area contributed by atoms with Crippen LogP contribution in [-0.2, 0) is 14.4 Å². The maximum Gasteiger partial charge on any atom is 0.438 e. The van der Waals surface area contributed by atoms with Crippen LogP contribution in [0, 0.1) is 0 Å². The minimum absolute atomic E-state index is 0.627. The lowest BCUT2D eigenvalue weighted by Gasteiger charge is -2.22. The van der Waals surface area contributed by atoms with Crippen LogP contribution in [0.1, 0.15) is 0 Å². The van der Waals surface area contributed by atoms with Gasteiger partial charge >= 0.3 is 6.47 Å². The highest BCUT2D eigenvalue weighted by molar-refractivity contribution is 5.37. The van der Waals surface area contributed by atoms with Crippen LogP contribution in [0.15, 0.2) is 0 Å². The quantitative estimate of drug-likeness (QED) is 0.496. The Morgan fingerprint density at radius 1 is 1.44 bits per heavy atom. The van der Waals surface area contributed by atoms with Crippen molar-refractivity contribution in [3.63, 3.8) is 0 Å². The number of hydrogen-bond acceptors (Lipinski definition) is 4. The molecule has 1 aliphatic heterocycles. The zero-order valence-corrected chi connectivity index (χ0v) is 5.00. The Hall–Kier alpha value is -0.610. The van der Waals surface area contributed by atoms with E-state index in [9.17, 15) is 4.79 Å². The van der Waals surface area contributed by atoms with E-state index in [1.54, 1.807) is 0 Å². The van der Waals surface area contributed by atoms with Crippen LogP contribution in [-0.4, -0.2) is 37.8 Å². The topological polar surface area (TPSA) is 38.8 Å². The molecule has 0 aromatic heterocycles. The third-order valence-electron chi connectivity index (χ3n) is 1.14. The number of carbonyl (C=O) groups excluding carboxylic acids is 1. The summed E-state index contributed by atoms with van der Waals surface area (Å²) in [4.78, 5) is 14.1. The average Bonchev–Trinajstić information content (AvgIpc) is 1.91. The Morgan fingerprint density at radius 3 is 2.67 bits per heavy atom. The summed E-state index contributed by atoms with van der Waals surface area (Å²) >= 11 is 0. The molecule has 1 rings (SSSR count). The largest absolute Gasteiger partial charge is 0.438 e. The SMILES string of the molecule is O=[C]ON1CCOCC1. The van der Waals surface area contributed by atoms with E-state index in [0.717, 1.165) is 0 Å². The fourth-order valence-corrected chi connectivity index (χ4v) is 0.691. The first kappa shape index (κ1) is 6.51. The molecule has 51 valence electrons. The summed E-state index contributed by atoms with van der Waals surface area (Å²) in [5.41, 5.74) is 0. The van der Waals surface area contributed by atoms with Crippen molar-refractivity contribution in [2.24, 2.45) is 0 Å². The van der Waals surface area contributed by atoms with E-state index in [-0.39, 0.29) is 0 Å². The van der Waals surface area contributed by atoms with Crippen LogP contribution in [0.5, 0.6) is 0 Å². The van der Waals surface area contributed by atoms with Gasteiger partial charge in [-0.05, 0) is 0 Å². The first-order valence-corrected chi connectivity index (χ1v) is 2.80. The molecule has 1 saturated heterocycles. The first-order valence-electron chi connectivity index (χ1n) is 2.80. The summed E-state index contributed by atoms with van der Waals surface area (Å²) in [5.74, 6) is 0. The van der Waals surface area contributed by atoms with Gasteiger partial charge in [0, 0.05) is 0 Å². The fourth-order valence-electron chi connectivity index (χ4n) is 0.691. The minimum atomic E-state index is 0.627. The molecule has 0 amide bonds. The van der Waals surface area contributed by atoms with Gasteiger partial charge in [-0.1, -0.05) is 0 Å². The Bertz CT molecular complexity index is 90.2. The van der Waals surface area contributed by atoms with Crippen LogP contribution in [0.3, 0.4) is 0 Å². The highest BCUT2D eigenvalue weighted by Gasteiger charge is 2.09. The molecule has 1 heterocycles. The molecule has 0 spiro atoms. The van der Waals surface area contributed by atoms with Gasteiger partial charge in [0.1, 0.15) is 0 Å². The molecule has 9 heavy (non-hydrogen) atoms. The summed E-state index contributed by atoms with van der Waals surface area (Å²) in [6, 6.07) is 0. The fraction of sp³-hybridized carbons (Fsp3) is 0.800. The molecule has 0 N–H and O–H groups in total. The Balaban J connectivity index is 2.15. The molecule has 1 aliphatic rings. The van der Waals surface area contributed by atoms with Crippen molar-refractivity contribution in [2.45, 2.75) is 0 Å². The smallest absolute Gasteiger partial charge is 0.379 e. The molecular weight excluding hydrogens is 122 g/mol. The van der Waals surface area contributed by atoms with Gasteiger partial charge in [0.05, 0.1) is 26.3 Å². The van der Waals surface area contributed by atoms with Crippen molar-refractivity contribution >= 4 is 6.47 Å². The van der Waals surface area contributed by atoms with Gasteiger partial charge in [0.15, 0.2) is 0 Å². The van der Waals surface area contributed by atoms with E-state index in [2.05, 4.69) is 4.84 Å². The van der Waals surface area contributed by atoms with Gasteiger partial charge in [0.2, 0.25) is 0 Å². The lowest BCUT2D eigenvalue weighted by molar-refractivity contribution is -0.129. The zero-order chi connectivity index (χ0) is 6.53. The van der Waals surface area contributed by atoms with E-state index in [1.807, 2.05) is 0 Å². The number of nitrogens with zero attached hydrogens (tertiary/aromatic N) is 1. The third kappa shape index (κ3) is 1.99. The normalized spacial score (nSPS) is 21.3. The van der Waals surface area contributed by atoms with Crippen molar-refractivity contribution < 1.29 is 14.4 Å². The second-order valence-corrected chi connectivity index (χ2v) is 1.72. The van der Waals surface area contributed by atoms with Gasteiger partial charge in [-0.15, -0.1) is 5.06 Å².